The van der Waals surface area contributed by atoms with Crippen LogP contribution >= 0.6 is 39.1 Å². The van der Waals surface area contributed by atoms with Gasteiger partial charge < -0.3 is 14.5 Å². The van der Waals surface area contributed by atoms with E-state index in [1.54, 1.807) is 41.2 Å². The van der Waals surface area contributed by atoms with Gasteiger partial charge in [-0.15, -0.1) is 0 Å². The molecule has 1 N–H and O–H groups in total. The molecule has 0 spiro atoms. The maximum absolute atomic E-state index is 12.5. The van der Waals surface area contributed by atoms with E-state index in [0.717, 1.165) is 10.0 Å². The Balaban J connectivity index is 1.33. The fourth-order valence-electron chi connectivity index (χ4n) is 2.79. The van der Waals surface area contributed by atoms with Gasteiger partial charge in [-0.2, -0.15) is 5.10 Å². The Hall–Kier alpha value is -2.74. The SMILES string of the molecule is O=C(Nc1ccn(Cc2ccc(Cl)cc2)n1)c1ccc(COc2ccc(Br)cc2Cl)o1. The zero-order chi connectivity index (χ0) is 21.8. The zero-order valence-electron chi connectivity index (χ0n) is 16.0. The summed E-state index contributed by atoms with van der Waals surface area (Å²) in [6.45, 7) is 0.707. The van der Waals surface area contributed by atoms with Crippen LogP contribution in [0, 0.1) is 0 Å². The van der Waals surface area contributed by atoms with Crippen molar-refractivity contribution in [3.63, 3.8) is 0 Å². The Morgan fingerprint density at radius 3 is 2.68 bits per heavy atom. The first-order valence-corrected chi connectivity index (χ1v) is 10.8. The summed E-state index contributed by atoms with van der Waals surface area (Å²) in [7, 11) is 0. The summed E-state index contributed by atoms with van der Waals surface area (Å²) in [6.07, 6.45) is 1.79. The second-order valence-electron chi connectivity index (χ2n) is 6.61. The number of hydrogen-bond acceptors (Lipinski definition) is 4. The first-order valence-electron chi connectivity index (χ1n) is 9.22. The molecule has 0 fully saturated rings. The lowest BCUT2D eigenvalue weighted by Crippen LogP contribution is -2.12. The van der Waals surface area contributed by atoms with Crippen molar-refractivity contribution in [1.29, 1.82) is 0 Å². The molecule has 4 aromatic rings. The van der Waals surface area contributed by atoms with Gasteiger partial charge in [0.1, 0.15) is 18.1 Å². The topological polar surface area (TPSA) is 69.3 Å². The van der Waals surface area contributed by atoms with Crippen molar-refractivity contribution in [3.05, 3.63) is 98.5 Å². The number of hydrogen-bond donors (Lipinski definition) is 1. The Morgan fingerprint density at radius 1 is 1.10 bits per heavy atom. The summed E-state index contributed by atoms with van der Waals surface area (Å²) in [4.78, 5) is 12.5. The highest BCUT2D eigenvalue weighted by atomic mass is 79.9. The van der Waals surface area contributed by atoms with Gasteiger partial charge in [-0.25, -0.2) is 0 Å². The van der Waals surface area contributed by atoms with Gasteiger partial charge in [0.15, 0.2) is 11.6 Å². The minimum atomic E-state index is -0.398. The molecule has 9 heteroatoms. The Kier molecular flexibility index (Phi) is 6.65. The smallest absolute Gasteiger partial charge is 0.292 e. The molecule has 0 unspecified atom stereocenters. The van der Waals surface area contributed by atoms with Crippen LogP contribution in [-0.4, -0.2) is 15.7 Å². The molecule has 0 saturated heterocycles. The van der Waals surface area contributed by atoms with Crippen molar-refractivity contribution in [1.82, 2.24) is 9.78 Å². The van der Waals surface area contributed by atoms with Gasteiger partial charge in [-0.1, -0.05) is 51.3 Å². The Bertz CT molecular complexity index is 1200. The zero-order valence-corrected chi connectivity index (χ0v) is 19.1. The standard InChI is InChI=1S/C22H16BrCl2N3O3/c23-15-3-7-19(18(25)11-15)30-13-17-6-8-20(31-17)22(29)26-21-9-10-28(27-21)12-14-1-4-16(24)5-2-14/h1-11H,12-13H2,(H,26,27,29). The third-order valence-corrected chi connectivity index (χ3v) is 5.33. The fraction of sp³-hybridized carbons (Fsp3) is 0.0909. The summed E-state index contributed by atoms with van der Waals surface area (Å²) in [6, 6.07) is 17.8. The number of benzene rings is 2. The molecular formula is C22H16BrCl2N3O3. The van der Waals surface area contributed by atoms with Crippen molar-refractivity contribution < 1.29 is 13.9 Å². The lowest BCUT2D eigenvalue weighted by Gasteiger charge is -2.06. The number of nitrogens with one attached hydrogen (secondary N) is 1. The van der Waals surface area contributed by atoms with Gasteiger partial charge in [0, 0.05) is 21.8 Å². The number of carbonyl (C=O) groups is 1. The van der Waals surface area contributed by atoms with Crippen molar-refractivity contribution >= 4 is 50.9 Å². The maximum atomic E-state index is 12.5. The minimum absolute atomic E-state index is 0.143. The monoisotopic (exact) mass is 519 g/mol. The van der Waals surface area contributed by atoms with Crippen molar-refractivity contribution in [3.8, 4) is 5.75 Å². The van der Waals surface area contributed by atoms with E-state index in [-0.39, 0.29) is 12.4 Å². The maximum Gasteiger partial charge on any atom is 0.292 e. The molecular weight excluding hydrogens is 505 g/mol. The predicted octanol–water partition coefficient (Wildman–Crippen LogP) is 6.43. The third kappa shape index (κ3) is 5.70. The van der Waals surface area contributed by atoms with Crippen LogP contribution in [0.4, 0.5) is 5.82 Å². The van der Waals surface area contributed by atoms with Crippen LogP contribution in [0.3, 0.4) is 0 Å². The highest BCUT2D eigenvalue weighted by Gasteiger charge is 2.14. The molecule has 158 valence electrons. The number of ether oxygens (including phenoxy) is 1. The number of amides is 1. The summed E-state index contributed by atoms with van der Waals surface area (Å²) < 4.78 is 13.8. The molecule has 6 nitrogen and oxygen atoms in total. The number of nitrogens with zero attached hydrogens (tertiary/aromatic N) is 2. The first-order chi connectivity index (χ1) is 15.0. The molecule has 31 heavy (non-hydrogen) atoms. The van der Waals surface area contributed by atoms with Crippen LogP contribution in [0.1, 0.15) is 21.9 Å². The van der Waals surface area contributed by atoms with E-state index >= 15 is 0 Å². The lowest BCUT2D eigenvalue weighted by molar-refractivity contribution is 0.0992. The molecule has 0 bridgehead atoms. The molecule has 0 aliphatic carbocycles. The molecule has 2 aromatic heterocycles. The molecule has 2 aromatic carbocycles. The van der Waals surface area contributed by atoms with E-state index in [1.165, 1.54) is 0 Å². The fourth-order valence-corrected chi connectivity index (χ4v) is 3.64. The van der Waals surface area contributed by atoms with Crippen LogP contribution in [0.25, 0.3) is 0 Å². The second-order valence-corrected chi connectivity index (χ2v) is 8.37. The van der Waals surface area contributed by atoms with Crippen LogP contribution in [0.2, 0.25) is 10.0 Å². The molecule has 2 heterocycles. The van der Waals surface area contributed by atoms with Gasteiger partial charge in [-0.3, -0.25) is 9.48 Å². The number of anilines is 1. The van der Waals surface area contributed by atoms with E-state index in [4.69, 9.17) is 32.4 Å². The van der Waals surface area contributed by atoms with Gasteiger partial charge >= 0.3 is 0 Å². The van der Waals surface area contributed by atoms with Crippen LogP contribution in [0.5, 0.6) is 5.75 Å². The second kappa shape index (κ2) is 9.60. The number of rotatable bonds is 7. The van der Waals surface area contributed by atoms with E-state index in [1.807, 2.05) is 30.3 Å². The summed E-state index contributed by atoms with van der Waals surface area (Å²) in [5.74, 6) is 1.21. The minimum Gasteiger partial charge on any atom is -0.484 e. The molecule has 0 aliphatic rings. The van der Waals surface area contributed by atoms with Crippen LogP contribution in [0.15, 0.2) is 75.8 Å². The van der Waals surface area contributed by atoms with E-state index in [0.29, 0.717) is 33.9 Å². The molecule has 0 saturated carbocycles. The number of aromatic nitrogens is 2. The van der Waals surface area contributed by atoms with Gasteiger partial charge in [0.25, 0.3) is 5.91 Å². The van der Waals surface area contributed by atoms with E-state index < -0.39 is 5.91 Å². The normalized spacial score (nSPS) is 10.8. The van der Waals surface area contributed by atoms with E-state index in [2.05, 4.69) is 26.3 Å². The first kappa shape index (κ1) is 21.5. The van der Waals surface area contributed by atoms with Crippen LogP contribution in [-0.2, 0) is 13.2 Å². The lowest BCUT2D eigenvalue weighted by atomic mass is 10.2. The van der Waals surface area contributed by atoms with Crippen molar-refractivity contribution in [2.75, 3.05) is 5.32 Å². The highest BCUT2D eigenvalue weighted by Crippen LogP contribution is 2.28. The van der Waals surface area contributed by atoms with Crippen molar-refractivity contribution in [2.24, 2.45) is 0 Å². The third-order valence-electron chi connectivity index (χ3n) is 4.29. The number of halogens is 3. The number of furan rings is 1. The summed E-state index contributed by atoms with van der Waals surface area (Å²) >= 11 is 15.4. The Morgan fingerprint density at radius 2 is 1.90 bits per heavy atom. The van der Waals surface area contributed by atoms with Gasteiger partial charge in [-0.05, 0) is 48.0 Å². The highest BCUT2D eigenvalue weighted by molar-refractivity contribution is 9.10. The van der Waals surface area contributed by atoms with Gasteiger partial charge in [0.05, 0.1) is 11.6 Å². The molecule has 1 amide bonds. The number of carbonyl (C=O) groups excluding carboxylic acids is 1. The molecule has 4 rings (SSSR count). The Labute approximate surface area is 196 Å². The quantitative estimate of drug-likeness (QED) is 0.305. The largest absolute Gasteiger partial charge is 0.484 e. The molecule has 0 radical (unpaired) electrons. The summed E-state index contributed by atoms with van der Waals surface area (Å²) in [5, 5.41) is 8.24. The van der Waals surface area contributed by atoms with Crippen LogP contribution < -0.4 is 10.1 Å². The molecule has 0 atom stereocenters. The summed E-state index contributed by atoms with van der Waals surface area (Å²) in [5.41, 5.74) is 1.05. The van der Waals surface area contributed by atoms with Gasteiger partial charge in [0.2, 0.25) is 0 Å². The van der Waals surface area contributed by atoms with Crippen molar-refractivity contribution in [2.45, 2.75) is 13.2 Å². The average molecular weight is 521 g/mol. The van der Waals surface area contributed by atoms with E-state index in [9.17, 15) is 4.79 Å². The molecule has 0 aliphatic heterocycles. The predicted molar refractivity (Wildman–Crippen MR) is 123 cm³/mol. The average Bonchev–Trinajstić information content (AvgIpc) is 3.39.